The van der Waals surface area contributed by atoms with Crippen molar-refractivity contribution in [3.63, 3.8) is 0 Å². The summed E-state index contributed by atoms with van der Waals surface area (Å²) in [7, 11) is -4.04. The minimum Gasteiger partial charge on any atom is -0.478 e. The van der Waals surface area contributed by atoms with Gasteiger partial charge in [0.25, 0.3) is 0 Å². The number of carboxylic acids is 1. The lowest BCUT2D eigenvalue weighted by atomic mass is 10.1. The molecule has 0 unspecified atom stereocenters. The smallest absolute Gasteiger partial charge is 0.337 e. The number of carboxylic acid groups (broad SMARTS) is 1. The molecule has 0 aromatic heterocycles. The third kappa shape index (κ3) is 3.45. The number of rotatable bonds is 5. The van der Waals surface area contributed by atoms with Crippen LogP contribution in [0.5, 0.6) is 0 Å². The van der Waals surface area contributed by atoms with Crippen LogP contribution in [-0.4, -0.2) is 32.6 Å². The van der Waals surface area contributed by atoms with E-state index >= 15 is 0 Å². The van der Waals surface area contributed by atoms with Gasteiger partial charge in [0.15, 0.2) is 0 Å². The van der Waals surface area contributed by atoms with Crippen molar-refractivity contribution in [3.05, 3.63) is 23.8 Å². The van der Waals surface area contributed by atoms with Gasteiger partial charge in [0, 0.05) is 0 Å². The predicted octanol–water partition coefficient (Wildman–Crippen LogP) is -0.114. The molecule has 0 heterocycles. The van der Waals surface area contributed by atoms with E-state index < -0.39 is 16.0 Å². The Morgan fingerprint density at radius 1 is 1.30 bits per heavy atom. The van der Waals surface area contributed by atoms with Gasteiger partial charge in [-0.15, -0.1) is 0 Å². The van der Waals surface area contributed by atoms with Crippen LogP contribution in [0.15, 0.2) is 23.1 Å². The van der Waals surface area contributed by atoms with Crippen molar-refractivity contribution in [2.75, 3.05) is 18.0 Å². The molecule has 9 heteroatoms. The van der Waals surface area contributed by atoms with Crippen LogP contribution in [0.25, 0.3) is 0 Å². The maximum Gasteiger partial charge on any atom is 0.337 e. The van der Waals surface area contributed by atoms with Crippen LogP contribution in [0.3, 0.4) is 0 Å². The largest absolute Gasteiger partial charge is 0.478 e. The summed E-state index contributed by atoms with van der Waals surface area (Å²) in [5, 5.41) is 31.4. The normalized spacial score (nSPS) is 10.3. The van der Waals surface area contributed by atoms with Crippen molar-refractivity contribution in [1.29, 1.82) is 10.5 Å². The molecule has 104 valence electrons. The summed E-state index contributed by atoms with van der Waals surface area (Å²) >= 11 is 0. The number of primary sulfonamides is 1. The number of nitrogens with two attached hydrogens (primary N) is 1. The Morgan fingerprint density at radius 3 is 2.25 bits per heavy atom. The second-order valence-corrected chi connectivity index (χ2v) is 5.26. The fourth-order valence-corrected chi connectivity index (χ4v) is 2.08. The molecule has 0 fully saturated rings. The van der Waals surface area contributed by atoms with E-state index in [4.69, 9.17) is 20.8 Å². The lowest BCUT2D eigenvalue weighted by molar-refractivity contribution is 0.0697. The number of sulfonamides is 1. The van der Waals surface area contributed by atoms with Gasteiger partial charge in [0.1, 0.15) is 13.1 Å². The molecule has 1 aromatic carbocycles. The molecule has 0 aliphatic carbocycles. The average Bonchev–Trinajstić information content (AvgIpc) is 2.36. The third-order valence-electron chi connectivity index (χ3n) is 2.39. The lowest BCUT2D eigenvalue weighted by Gasteiger charge is -2.20. The van der Waals surface area contributed by atoms with E-state index in [-0.39, 0.29) is 29.2 Å². The van der Waals surface area contributed by atoms with E-state index in [0.717, 1.165) is 12.1 Å². The highest BCUT2D eigenvalue weighted by Gasteiger charge is 2.19. The number of nitriles is 2. The number of carbonyl (C=O) groups is 1. The van der Waals surface area contributed by atoms with Crippen LogP contribution in [0, 0.1) is 22.7 Å². The monoisotopic (exact) mass is 294 g/mol. The summed E-state index contributed by atoms with van der Waals surface area (Å²) in [6.45, 7) is -0.412. The van der Waals surface area contributed by atoms with Crippen molar-refractivity contribution in [1.82, 2.24) is 0 Å². The SMILES string of the molecule is N#CCN(CC#N)c1ccc(S(N)(=O)=O)cc1C(=O)O. The number of benzene rings is 1. The molecule has 20 heavy (non-hydrogen) atoms. The molecule has 1 rings (SSSR count). The summed E-state index contributed by atoms with van der Waals surface area (Å²) in [4.78, 5) is 12.1. The topological polar surface area (TPSA) is 148 Å². The molecule has 0 saturated heterocycles. The standard InChI is InChI=1S/C11H10N4O4S/c12-3-5-15(6-4-13)10-2-1-8(20(14,18)19)7-9(10)11(16)17/h1-2,7H,5-6H2,(H,16,17)(H2,14,18,19). The van der Waals surface area contributed by atoms with Crippen LogP contribution in [0.2, 0.25) is 0 Å². The van der Waals surface area contributed by atoms with E-state index in [0.29, 0.717) is 0 Å². The Bertz CT molecular complexity index is 699. The van der Waals surface area contributed by atoms with E-state index in [1.54, 1.807) is 12.1 Å². The van der Waals surface area contributed by atoms with Crippen molar-refractivity contribution in [2.24, 2.45) is 5.14 Å². The van der Waals surface area contributed by atoms with Crippen molar-refractivity contribution in [2.45, 2.75) is 4.90 Å². The molecule has 0 aliphatic rings. The van der Waals surface area contributed by atoms with Gasteiger partial charge >= 0.3 is 5.97 Å². The molecule has 1 aromatic rings. The van der Waals surface area contributed by atoms with Gasteiger partial charge in [-0.05, 0) is 18.2 Å². The van der Waals surface area contributed by atoms with E-state index in [2.05, 4.69) is 0 Å². The number of anilines is 1. The fraction of sp³-hybridized carbons (Fsp3) is 0.182. The zero-order chi connectivity index (χ0) is 15.3. The molecular formula is C11H10N4O4S. The molecule has 0 spiro atoms. The first-order chi connectivity index (χ1) is 9.31. The quantitative estimate of drug-likeness (QED) is 0.719. The molecule has 0 saturated carbocycles. The molecule has 0 bridgehead atoms. The number of hydrogen-bond donors (Lipinski definition) is 2. The maximum absolute atomic E-state index is 11.2. The Labute approximate surface area is 115 Å². The number of hydrogen-bond acceptors (Lipinski definition) is 6. The molecule has 0 amide bonds. The lowest BCUT2D eigenvalue weighted by Crippen LogP contribution is -2.26. The van der Waals surface area contributed by atoms with Crippen molar-refractivity contribution < 1.29 is 18.3 Å². The van der Waals surface area contributed by atoms with Crippen molar-refractivity contribution >= 4 is 21.7 Å². The zero-order valence-corrected chi connectivity index (χ0v) is 11.0. The minimum absolute atomic E-state index is 0.0769. The molecular weight excluding hydrogens is 284 g/mol. The highest BCUT2D eigenvalue weighted by atomic mass is 32.2. The van der Waals surface area contributed by atoms with Gasteiger partial charge in [-0.25, -0.2) is 18.4 Å². The van der Waals surface area contributed by atoms with Crippen molar-refractivity contribution in [3.8, 4) is 12.1 Å². The van der Waals surface area contributed by atoms with Crippen LogP contribution in [0.4, 0.5) is 5.69 Å². The predicted molar refractivity (Wildman–Crippen MR) is 68.2 cm³/mol. The first-order valence-electron chi connectivity index (χ1n) is 5.20. The van der Waals surface area contributed by atoms with Gasteiger partial charge < -0.3 is 10.0 Å². The van der Waals surface area contributed by atoms with Gasteiger partial charge in [0.2, 0.25) is 10.0 Å². The molecule has 0 radical (unpaired) electrons. The van der Waals surface area contributed by atoms with E-state index in [1.165, 1.54) is 11.0 Å². The molecule has 3 N–H and O–H groups in total. The van der Waals surface area contributed by atoms with Crippen LogP contribution >= 0.6 is 0 Å². The summed E-state index contributed by atoms with van der Waals surface area (Å²) in [5.41, 5.74) is -0.268. The highest BCUT2D eigenvalue weighted by molar-refractivity contribution is 7.89. The Balaban J connectivity index is 3.45. The van der Waals surface area contributed by atoms with Crippen LogP contribution < -0.4 is 10.0 Å². The first kappa shape index (κ1) is 15.4. The van der Waals surface area contributed by atoms with Gasteiger partial charge in [-0.2, -0.15) is 10.5 Å². The van der Waals surface area contributed by atoms with Crippen LogP contribution in [0.1, 0.15) is 10.4 Å². The van der Waals surface area contributed by atoms with E-state index in [9.17, 15) is 13.2 Å². The Morgan fingerprint density at radius 2 is 1.85 bits per heavy atom. The molecule has 0 aliphatic heterocycles. The summed E-state index contributed by atoms with van der Waals surface area (Å²) < 4.78 is 22.4. The fourth-order valence-electron chi connectivity index (χ4n) is 1.54. The molecule has 0 atom stereocenters. The second-order valence-electron chi connectivity index (χ2n) is 3.70. The number of nitrogens with zero attached hydrogens (tertiary/aromatic N) is 3. The van der Waals surface area contributed by atoms with Crippen LogP contribution in [-0.2, 0) is 10.0 Å². The van der Waals surface area contributed by atoms with E-state index in [1.807, 2.05) is 0 Å². The summed E-state index contributed by atoms with van der Waals surface area (Å²) in [5.74, 6) is -1.38. The second kappa shape index (κ2) is 6.02. The van der Waals surface area contributed by atoms with Gasteiger partial charge in [-0.3, -0.25) is 0 Å². The first-order valence-corrected chi connectivity index (χ1v) is 6.75. The van der Waals surface area contributed by atoms with Gasteiger partial charge in [0.05, 0.1) is 28.3 Å². The van der Waals surface area contributed by atoms with Gasteiger partial charge in [-0.1, -0.05) is 0 Å². The summed E-state index contributed by atoms with van der Waals surface area (Å²) in [6, 6.07) is 6.83. The maximum atomic E-state index is 11.2. The Hall–Kier alpha value is -2.62. The average molecular weight is 294 g/mol. The Kier molecular flexibility index (Phi) is 4.64. The minimum atomic E-state index is -4.04. The molecule has 8 nitrogen and oxygen atoms in total. The highest BCUT2D eigenvalue weighted by Crippen LogP contribution is 2.23. The zero-order valence-electron chi connectivity index (χ0n) is 10.1. The summed E-state index contributed by atoms with van der Waals surface area (Å²) in [6.07, 6.45) is 0. The third-order valence-corrected chi connectivity index (χ3v) is 3.30. The number of aromatic carboxylic acids is 1.